The van der Waals surface area contributed by atoms with Crippen LogP contribution in [0.4, 0.5) is 4.79 Å². The van der Waals surface area contributed by atoms with Gasteiger partial charge >= 0.3 is 12.1 Å². The van der Waals surface area contributed by atoms with Crippen LogP contribution in [0, 0.1) is 0 Å². The van der Waals surface area contributed by atoms with Crippen LogP contribution in [0.2, 0.25) is 0 Å². The van der Waals surface area contributed by atoms with Crippen LogP contribution in [-0.4, -0.2) is 24.0 Å². The molecule has 5 nitrogen and oxygen atoms in total. The van der Waals surface area contributed by atoms with Crippen molar-refractivity contribution in [2.24, 2.45) is 0 Å². The molecular formula is C10H14O5. The summed E-state index contributed by atoms with van der Waals surface area (Å²) < 4.78 is 14.3. The summed E-state index contributed by atoms with van der Waals surface area (Å²) >= 11 is 0. The number of ether oxygens (including phenoxy) is 3. The quantitative estimate of drug-likeness (QED) is 0.622. The number of hydrogen-bond acceptors (Lipinski definition) is 5. The van der Waals surface area contributed by atoms with Gasteiger partial charge in [0.2, 0.25) is 0 Å². The zero-order valence-electron chi connectivity index (χ0n) is 9.20. The number of hydrogen-bond donors (Lipinski definition) is 0. The lowest BCUT2D eigenvalue weighted by molar-refractivity contribution is -0.155. The van der Waals surface area contributed by atoms with Gasteiger partial charge in [0.15, 0.2) is 0 Å². The lowest BCUT2D eigenvalue weighted by Gasteiger charge is -2.19. The minimum atomic E-state index is -0.965. The van der Waals surface area contributed by atoms with Gasteiger partial charge in [-0.05, 0) is 27.7 Å². The van der Waals surface area contributed by atoms with E-state index < -0.39 is 24.0 Å². The summed E-state index contributed by atoms with van der Waals surface area (Å²) in [5, 5.41) is 0. The summed E-state index contributed by atoms with van der Waals surface area (Å²) in [6.07, 6.45) is -0.398. The van der Waals surface area contributed by atoms with Crippen molar-refractivity contribution >= 4 is 12.1 Å². The predicted molar refractivity (Wildman–Crippen MR) is 51.0 cm³/mol. The van der Waals surface area contributed by atoms with Crippen molar-refractivity contribution in [1.29, 1.82) is 0 Å². The first-order valence-corrected chi connectivity index (χ1v) is 4.57. The predicted octanol–water partition coefficient (Wildman–Crippen LogP) is 1.77. The molecule has 0 aromatic heterocycles. The van der Waals surface area contributed by atoms with E-state index in [2.05, 4.69) is 0 Å². The second-order valence-electron chi connectivity index (χ2n) is 4.21. The summed E-state index contributed by atoms with van der Waals surface area (Å²) in [6.45, 7) is 6.74. The molecule has 5 heteroatoms. The molecule has 1 rings (SSSR count). The van der Waals surface area contributed by atoms with Gasteiger partial charge in [-0.1, -0.05) is 0 Å². The minimum Gasteiger partial charge on any atom is -0.428 e. The minimum absolute atomic E-state index is 0.420. The van der Waals surface area contributed by atoms with Crippen LogP contribution >= 0.6 is 0 Å². The first-order valence-electron chi connectivity index (χ1n) is 4.57. The van der Waals surface area contributed by atoms with E-state index in [1.165, 1.54) is 6.08 Å². The topological polar surface area (TPSA) is 61.8 Å². The Morgan fingerprint density at radius 3 is 2.47 bits per heavy atom. The Bertz CT molecular complexity index is 310. The molecule has 0 bridgehead atoms. The molecule has 0 spiro atoms. The van der Waals surface area contributed by atoms with Crippen molar-refractivity contribution in [1.82, 2.24) is 0 Å². The third-order valence-corrected chi connectivity index (χ3v) is 1.53. The maximum absolute atomic E-state index is 11.2. The first kappa shape index (κ1) is 11.6. The monoisotopic (exact) mass is 214 g/mol. The molecule has 0 unspecified atom stereocenters. The zero-order chi connectivity index (χ0) is 11.6. The third-order valence-electron chi connectivity index (χ3n) is 1.53. The van der Waals surface area contributed by atoms with Gasteiger partial charge in [-0.2, -0.15) is 0 Å². The molecule has 0 amide bonds. The van der Waals surface area contributed by atoms with Gasteiger partial charge in [-0.25, -0.2) is 9.59 Å². The van der Waals surface area contributed by atoms with Gasteiger partial charge in [0.25, 0.3) is 6.29 Å². The highest BCUT2D eigenvalue weighted by Gasteiger charge is 2.27. The van der Waals surface area contributed by atoms with E-state index >= 15 is 0 Å². The number of rotatable bonds is 1. The van der Waals surface area contributed by atoms with Crippen LogP contribution in [-0.2, 0) is 19.0 Å². The molecule has 1 heterocycles. The molecule has 1 aliphatic heterocycles. The van der Waals surface area contributed by atoms with Crippen molar-refractivity contribution in [2.75, 3.05) is 0 Å². The molecule has 0 fully saturated rings. The van der Waals surface area contributed by atoms with Crippen molar-refractivity contribution in [3.8, 4) is 0 Å². The average Bonchev–Trinajstić information content (AvgIpc) is 2.26. The van der Waals surface area contributed by atoms with Gasteiger partial charge in [-0.15, -0.1) is 0 Å². The smallest absolute Gasteiger partial charge is 0.428 e. The van der Waals surface area contributed by atoms with Crippen molar-refractivity contribution < 1.29 is 23.8 Å². The van der Waals surface area contributed by atoms with E-state index in [0.29, 0.717) is 5.57 Å². The summed E-state index contributed by atoms with van der Waals surface area (Å²) in [4.78, 5) is 22.1. The number of carbonyl (C=O) groups excluding carboxylic acids is 2. The lowest BCUT2D eigenvalue weighted by Crippen LogP contribution is -2.27. The standard InChI is InChI=1S/C10H14O5/c1-6-5-7(13-8(6)11)14-9(12)15-10(2,3)4/h5,7H,1-4H3/t7-/m1/s1. The molecule has 15 heavy (non-hydrogen) atoms. The zero-order valence-corrected chi connectivity index (χ0v) is 9.20. The molecule has 0 radical (unpaired) electrons. The van der Waals surface area contributed by atoms with Crippen LogP contribution in [0.3, 0.4) is 0 Å². The molecular weight excluding hydrogens is 200 g/mol. The van der Waals surface area contributed by atoms with E-state index in [0.717, 1.165) is 0 Å². The van der Waals surface area contributed by atoms with Crippen molar-refractivity contribution in [2.45, 2.75) is 39.6 Å². The second-order valence-corrected chi connectivity index (χ2v) is 4.21. The SMILES string of the molecule is CC1=C[C@@H](OC(=O)OC(C)(C)C)OC1=O. The first-order chi connectivity index (χ1) is 6.78. The average molecular weight is 214 g/mol. The maximum Gasteiger partial charge on any atom is 0.512 e. The lowest BCUT2D eigenvalue weighted by atomic mass is 10.2. The van der Waals surface area contributed by atoms with Gasteiger partial charge in [0.1, 0.15) is 5.60 Å². The van der Waals surface area contributed by atoms with E-state index in [-0.39, 0.29) is 0 Å². The molecule has 0 saturated heterocycles. The van der Waals surface area contributed by atoms with Crippen LogP contribution in [0.15, 0.2) is 11.6 Å². The van der Waals surface area contributed by atoms with Gasteiger partial charge in [0.05, 0.1) is 0 Å². The summed E-state index contributed by atoms with van der Waals surface area (Å²) in [7, 11) is 0. The molecule has 84 valence electrons. The molecule has 0 saturated carbocycles. The third kappa shape index (κ3) is 3.61. The fourth-order valence-corrected chi connectivity index (χ4v) is 0.932. The van der Waals surface area contributed by atoms with E-state index in [4.69, 9.17) is 14.2 Å². The summed E-state index contributed by atoms with van der Waals surface area (Å²) in [6, 6.07) is 0. The van der Waals surface area contributed by atoms with E-state index in [1.807, 2.05) is 0 Å². The van der Waals surface area contributed by atoms with Crippen LogP contribution in [0.1, 0.15) is 27.7 Å². The van der Waals surface area contributed by atoms with Crippen molar-refractivity contribution in [3.05, 3.63) is 11.6 Å². The molecule has 0 aromatic rings. The molecule has 1 aliphatic rings. The van der Waals surface area contributed by atoms with E-state index in [9.17, 15) is 9.59 Å². The fourth-order valence-electron chi connectivity index (χ4n) is 0.932. The molecule has 1 atom stereocenters. The van der Waals surface area contributed by atoms with E-state index in [1.54, 1.807) is 27.7 Å². The molecule has 0 N–H and O–H groups in total. The van der Waals surface area contributed by atoms with Crippen molar-refractivity contribution in [3.63, 3.8) is 0 Å². The summed E-state index contributed by atoms with van der Waals surface area (Å²) in [5.41, 5.74) is -0.207. The Morgan fingerprint density at radius 2 is 2.07 bits per heavy atom. The normalized spacial score (nSPS) is 20.7. The molecule has 0 aromatic carbocycles. The van der Waals surface area contributed by atoms with Crippen LogP contribution in [0.25, 0.3) is 0 Å². The van der Waals surface area contributed by atoms with Gasteiger partial charge in [0, 0.05) is 11.6 Å². The Morgan fingerprint density at radius 1 is 1.47 bits per heavy atom. The number of carbonyl (C=O) groups is 2. The Balaban J connectivity index is 2.44. The highest BCUT2D eigenvalue weighted by Crippen LogP contribution is 2.16. The highest BCUT2D eigenvalue weighted by molar-refractivity contribution is 5.90. The fraction of sp³-hybridized carbons (Fsp3) is 0.600. The Hall–Kier alpha value is -1.52. The van der Waals surface area contributed by atoms with Crippen LogP contribution < -0.4 is 0 Å². The second kappa shape index (κ2) is 3.92. The number of cyclic esters (lactones) is 1. The van der Waals surface area contributed by atoms with Gasteiger partial charge in [-0.3, -0.25) is 0 Å². The number of esters is 1. The van der Waals surface area contributed by atoms with Crippen LogP contribution in [0.5, 0.6) is 0 Å². The van der Waals surface area contributed by atoms with Gasteiger partial charge < -0.3 is 14.2 Å². The summed E-state index contributed by atoms with van der Waals surface area (Å²) in [5.74, 6) is -0.483. The highest BCUT2D eigenvalue weighted by atomic mass is 16.8. The Labute approximate surface area is 88.0 Å². The largest absolute Gasteiger partial charge is 0.512 e. The maximum atomic E-state index is 11.2. The molecule has 0 aliphatic carbocycles. The Kier molecular flexibility index (Phi) is 3.02.